The number of hydrogen-bond donors (Lipinski definition) is 1. The summed E-state index contributed by atoms with van der Waals surface area (Å²) in [5, 5.41) is 8.76. The van der Waals surface area contributed by atoms with Crippen LogP contribution < -0.4 is 14.8 Å². The third-order valence-corrected chi connectivity index (χ3v) is 8.35. The number of amides is 1. The van der Waals surface area contributed by atoms with E-state index in [0.29, 0.717) is 29.8 Å². The van der Waals surface area contributed by atoms with Gasteiger partial charge < -0.3 is 19.3 Å². The molecule has 2 heterocycles. The van der Waals surface area contributed by atoms with E-state index in [1.54, 1.807) is 19.2 Å². The lowest BCUT2D eigenvalue weighted by Gasteiger charge is -2.19. The fraction of sp³-hybridized carbons (Fsp3) is 0.351. The second kappa shape index (κ2) is 13.1. The molecule has 0 aliphatic heterocycles. The number of carbonyl (C=O) groups is 1. The van der Waals surface area contributed by atoms with Gasteiger partial charge in [0.2, 0.25) is 5.89 Å². The van der Waals surface area contributed by atoms with Gasteiger partial charge in [-0.25, -0.2) is 0 Å². The van der Waals surface area contributed by atoms with Crippen molar-refractivity contribution in [3.63, 3.8) is 0 Å². The SMILES string of the molecule is Cc1noc(C(Cc2ccc(OCC3CCCC3)cc2)NC(=O)c2cc3cc(Oc4ccc(C(C)(C)C)cc4)ccc3cn2)n1. The van der Waals surface area contributed by atoms with E-state index in [4.69, 9.17) is 14.0 Å². The van der Waals surface area contributed by atoms with Gasteiger partial charge in [0.25, 0.3) is 5.91 Å². The summed E-state index contributed by atoms with van der Waals surface area (Å²) in [7, 11) is 0. The molecule has 2 aromatic heterocycles. The van der Waals surface area contributed by atoms with Crippen molar-refractivity contribution in [1.29, 1.82) is 0 Å². The second-order valence-corrected chi connectivity index (χ2v) is 13.0. The Morgan fingerprint density at radius 2 is 1.64 bits per heavy atom. The summed E-state index contributed by atoms with van der Waals surface area (Å²) in [6, 6.07) is 23.1. The van der Waals surface area contributed by atoms with Crippen molar-refractivity contribution in [2.45, 2.75) is 71.3 Å². The van der Waals surface area contributed by atoms with Crippen LogP contribution in [-0.4, -0.2) is 27.6 Å². The molecular formula is C37H40N4O4. The zero-order chi connectivity index (χ0) is 31.4. The Hall–Kier alpha value is -4.72. The number of aryl methyl sites for hydroxylation is 1. The van der Waals surface area contributed by atoms with Gasteiger partial charge in [-0.05, 0) is 96.1 Å². The number of benzene rings is 3. The highest BCUT2D eigenvalue weighted by Crippen LogP contribution is 2.30. The van der Waals surface area contributed by atoms with Crippen LogP contribution in [0.3, 0.4) is 0 Å². The van der Waals surface area contributed by atoms with Crippen molar-refractivity contribution < 1.29 is 18.8 Å². The minimum Gasteiger partial charge on any atom is -0.493 e. The van der Waals surface area contributed by atoms with E-state index in [1.807, 2.05) is 54.6 Å². The van der Waals surface area contributed by atoms with E-state index >= 15 is 0 Å². The molecule has 1 N–H and O–H groups in total. The van der Waals surface area contributed by atoms with Gasteiger partial charge in [0.1, 0.15) is 29.0 Å². The molecule has 8 heteroatoms. The standard InChI is InChI=1S/C37H40N4O4/c1-24-39-36(45-41-24)34(19-25-9-14-30(15-10-25)43-23-26-7-5-6-8-26)40-35(42)33-21-28-20-32(16-11-27(28)22-38-33)44-31-17-12-29(13-18-31)37(2,3)4/h9-18,20-22,26,34H,5-8,19,23H2,1-4H3,(H,40,42). The summed E-state index contributed by atoms with van der Waals surface area (Å²) in [5.74, 6) is 3.45. The first-order valence-corrected chi connectivity index (χ1v) is 15.7. The molecule has 5 aromatic rings. The van der Waals surface area contributed by atoms with Crippen LogP contribution >= 0.6 is 0 Å². The molecule has 1 fully saturated rings. The third-order valence-electron chi connectivity index (χ3n) is 8.35. The van der Waals surface area contributed by atoms with Gasteiger partial charge in [-0.3, -0.25) is 9.78 Å². The molecule has 1 atom stereocenters. The molecule has 3 aromatic carbocycles. The lowest BCUT2D eigenvalue weighted by molar-refractivity contribution is 0.0923. The largest absolute Gasteiger partial charge is 0.493 e. The number of hydrogen-bond acceptors (Lipinski definition) is 7. The van der Waals surface area contributed by atoms with Crippen LogP contribution in [0.2, 0.25) is 0 Å². The Morgan fingerprint density at radius 3 is 2.33 bits per heavy atom. The molecule has 1 amide bonds. The second-order valence-electron chi connectivity index (χ2n) is 13.0. The van der Waals surface area contributed by atoms with Crippen LogP contribution in [0, 0.1) is 12.8 Å². The first-order chi connectivity index (χ1) is 21.7. The predicted molar refractivity (Wildman–Crippen MR) is 174 cm³/mol. The molecule has 0 bridgehead atoms. The zero-order valence-electron chi connectivity index (χ0n) is 26.4. The molecule has 6 rings (SSSR count). The van der Waals surface area contributed by atoms with Crippen molar-refractivity contribution in [3.8, 4) is 17.2 Å². The van der Waals surface area contributed by atoms with E-state index in [-0.39, 0.29) is 17.0 Å². The van der Waals surface area contributed by atoms with Crippen LogP contribution in [0.4, 0.5) is 0 Å². The van der Waals surface area contributed by atoms with Gasteiger partial charge in [0.05, 0.1) is 6.61 Å². The average Bonchev–Trinajstić information content (AvgIpc) is 3.72. The molecule has 1 aliphatic rings. The average molecular weight is 605 g/mol. The molecule has 0 radical (unpaired) electrons. The number of aromatic nitrogens is 3. The topological polar surface area (TPSA) is 99.4 Å². The quantitative estimate of drug-likeness (QED) is 0.171. The maximum Gasteiger partial charge on any atom is 0.270 e. The highest BCUT2D eigenvalue weighted by atomic mass is 16.5. The van der Waals surface area contributed by atoms with E-state index in [9.17, 15) is 4.79 Å². The van der Waals surface area contributed by atoms with E-state index < -0.39 is 6.04 Å². The molecular weight excluding hydrogens is 564 g/mol. The summed E-state index contributed by atoms with van der Waals surface area (Å²) in [6.45, 7) is 9.07. The lowest BCUT2D eigenvalue weighted by Crippen LogP contribution is -2.31. The number of carbonyl (C=O) groups excluding carboxylic acids is 1. The van der Waals surface area contributed by atoms with Gasteiger partial charge in [-0.15, -0.1) is 0 Å². The summed E-state index contributed by atoms with van der Waals surface area (Å²) in [4.78, 5) is 22.4. The van der Waals surface area contributed by atoms with E-state index in [1.165, 1.54) is 31.2 Å². The maximum atomic E-state index is 13.5. The smallest absolute Gasteiger partial charge is 0.270 e. The first-order valence-electron chi connectivity index (χ1n) is 15.7. The third kappa shape index (κ3) is 7.69. The molecule has 1 unspecified atom stereocenters. The number of nitrogens with zero attached hydrogens (tertiary/aromatic N) is 3. The van der Waals surface area contributed by atoms with Crippen LogP contribution in [0.1, 0.15) is 85.8 Å². The van der Waals surface area contributed by atoms with Crippen molar-refractivity contribution in [1.82, 2.24) is 20.4 Å². The number of pyridine rings is 1. The maximum absolute atomic E-state index is 13.5. The molecule has 8 nitrogen and oxygen atoms in total. The van der Waals surface area contributed by atoms with Crippen LogP contribution in [0.25, 0.3) is 10.8 Å². The number of nitrogens with one attached hydrogen (secondary N) is 1. The highest BCUT2D eigenvalue weighted by Gasteiger charge is 2.23. The molecule has 232 valence electrons. The Morgan fingerprint density at radius 1 is 0.933 bits per heavy atom. The summed E-state index contributed by atoms with van der Waals surface area (Å²) in [6.07, 6.45) is 7.25. The van der Waals surface area contributed by atoms with E-state index in [2.05, 4.69) is 53.3 Å². The molecule has 0 saturated heterocycles. The van der Waals surface area contributed by atoms with Gasteiger partial charge in [-0.1, -0.05) is 63.0 Å². The first kappa shape index (κ1) is 30.3. The number of fused-ring (bicyclic) bond motifs is 1. The van der Waals surface area contributed by atoms with Crippen LogP contribution in [0.15, 0.2) is 83.5 Å². The Kier molecular flexibility index (Phi) is 8.83. The molecule has 45 heavy (non-hydrogen) atoms. The fourth-order valence-electron chi connectivity index (χ4n) is 5.70. The zero-order valence-corrected chi connectivity index (χ0v) is 26.4. The van der Waals surface area contributed by atoms with Gasteiger partial charge in [0, 0.05) is 18.0 Å². The number of rotatable bonds is 10. The van der Waals surface area contributed by atoms with Gasteiger partial charge in [0.15, 0.2) is 5.82 Å². The van der Waals surface area contributed by atoms with Crippen molar-refractivity contribution >= 4 is 16.7 Å². The Balaban J connectivity index is 1.15. The minimum atomic E-state index is -0.535. The van der Waals surface area contributed by atoms with Crippen molar-refractivity contribution in [2.24, 2.45) is 5.92 Å². The normalized spacial score (nSPS) is 14.4. The summed E-state index contributed by atoms with van der Waals surface area (Å²) < 4.78 is 17.6. The predicted octanol–water partition coefficient (Wildman–Crippen LogP) is 8.30. The summed E-state index contributed by atoms with van der Waals surface area (Å²) >= 11 is 0. The molecule has 1 aliphatic carbocycles. The van der Waals surface area contributed by atoms with Crippen LogP contribution in [0.5, 0.6) is 17.2 Å². The van der Waals surface area contributed by atoms with Crippen molar-refractivity contribution in [3.05, 3.63) is 108 Å². The molecule has 1 saturated carbocycles. The monoisotopic (exact) mass is 604 g/mol. The highest BCUT2D eigenvalue weighted by molar-refractivity contribution is 5.96. The molecule has 0 spiro atoms. The lowest BCUT2D eigenvalue weighted by atomic mass is 9.87. The van der Waals surface area contributed by atoms with Gasteiger partial charge in [-0.2, -0.15) is 4.98 Å². The minimum absolute atomic E-state index is 0.0700. The fourth-order valence-corrected chi connectivity index (χ4v) is 5.70. The van der Waals surface area contributed by atoms with E-state index in [0.717, 1.165) is 34.4 Å². The van der Waals surface area contributed by atoms with Crippen molar-refractivity contribution in [2.75, 3.05) is 6.61 Å². The Bertz CT molecular complexity index is 1750. The van der Waals surface area contributed by atoms with Crippen LogP contribution in [-0.2, 0) is 11.8 Å². The van der Waals surface area contributed by atoms with Gasteiger partial charge >= 0.3 is 0 Å². The number of ether oxygens (including phenoxy) is 2. The summed E-state index contributed by atoms with van der Waals surface area (Å²) in [5.41, 5.74) is 2.60. The Labute approximate surface area is 264 Å².